The zero-order valence-corrected chi connectivity index (χ0v) is 12.8. The molecular formula is C17H23N3O. The molecule has 21 heavy (non-hydrogen) atoms. The maximum atomic E-state index is 12.1. The Morgan fingerprint density at radius 2 is 2.14 bits per heavy atom. The average Bonchev–Trinajstić information content (AvgIpc) is 3.06. The normalized spacial score (nSPS) is 16.0. The van der Waals surface area contributed by atoms with Crippen LogP contribution in [0, 0.1) is 0 Å². The summed E-state index contributed by atoms with van der Waals surface area (Å²) in [6, 6.07) is 6.43. The molecule has 0 unspecified atom stereocenters. The highest BCUT2D eigenvalue weighted by Gasteiger charge is 2.17. The van der Waals surface area contributed by atoms with E-state index in [1.54, 1.807) is 0 Å². The van der Waals surface area contributed by atoms with Gasteiger partial charge < -0.3 is 10.3 Å². The summed E-state index contributed by atoms with van der Waals surface area (Å²) in [5.74, 6) is 1.51. The lowest BCUT2D eigenvalue weighted by atomic mass is 10.1. The minimum Gasteiger partial charge on any atom is -0.353 e. The smallest absolute Gasteiger partial charge is 0.224 e. The number of amides is 1. The Bertz CT molecular complexity index is 639. The quantitative estimate of drug-likeness (QED) is 0.905. The van der Waals surface area contributed by atoms with Crippen molar-refractivity contribution in [3.8, 4) is 0 Å². The van der Waals surface area contributed by atoms with E-state index in [9.17, 15) is 4.79 Å². The van der Waals surface area contributed by atoms with Crippen LogP contribution in [0.1, 0.15) is 56.8 Å². The number of carbonyl (C=O) groups is 1. The lowest BCUT2D eigenvalue weighted by Gasteiger charge is -2.11. The fraction of sp³-hybridized carbons (Fsp3) is 0.529. The van der Waals surface area contributed by atoms with Gasteiger partial charge in [-0.1, -0.05) is 32.8 Å². The fourth-order valence-electron chi connectivity index (χ4n) is 2.99. The summed E-state index contributed by atoms with van der Waals surface area (Å²) in [4.78, 5) is 20.0. The molecule has 112 valence electrons. The number of imidazole rings is 1. The van der Waals surface area contributed by atoms with E-state index >= 15 is 0 Å². The molecule has 3 rings (SSSR count). The molecule has 1 amide bonds. The molecule has 1 fully saturated rings. The van der Waals surface area contributed by atoms with Crippen LogP contribution in [0.15, 0.2) is 18.2 Å². The zero-order valence-electron chi connectivity index (χ0n) is 12.8. The summed E-state index contributed by atoms with van der Waals surface area (Å²) in [7, 11) is 0. The van der Waals surface area contributed by atoms with Crippen molar-refractivity contribution >= 4 is 16.9 Å². The van der Waals surface area contributed by atoms with Gasteiger partial charge in [0.2, 0.25) is 5.91 Å². The molecule has 2 N–H and O–H groups in total. The molecule has 1 aliphatic carbocycles. The van der Waals surface area contributed by atoms with Gasteiger partial charge >= 0.3 is 0 Å². The summed E-state index contributed by atoms with van der Waals surface area (Å²) in [5, 5.41) is 3.13. The van der Waals surface area contributed by atoms with Gasteiger partial charge in [0, 0.05) is 12.0 Å². The van der Waals surface area contributed by atoms with E-state index in [1.807, 2.05) is 18.2 Å². The van der Waals surface area contributed by atoms with Gasteiger partial charge in [0.1, 0.15) is 5.82 Å². The minimum absolute atomic E-state index is 0.129. The first-order chi connectivity index (χ1) is 10.1. The molecular weight excluding hydrogens is 262 g/mol. The first-order valence-electron chi connectivity index (χ1n) is 7.90. The summed E-state index contributed by atoms with van der Waals surface area (Å²) in [5.41, 5.74) is 3.03. The lowest BCUT2D eigenvalue weighted by Crippen LogP contribution is -2.33. The number of aromatic amines is 1. The molecule has 1 aliphatic rings. The van der Waals surface area contributed by atoms with Crippen molar-refractivity contribution in [3.05, 3.63) is 29.6 Å². The Kier molecular flexibility index (Phi) is 3.95. The van der Waals surface area contributed by atoms with Crippen molar-refractivity contribution in [2.45, 2.75) is 57.9 Å². The van der Waals surface area contributed by atoms with E-state index in [4.69, 9.17) is 0 Å². The van der Waals surface area contributed by atoms with Crippen LogP contribution in [0.3, 0.4) is 0 Å². The maximum absolute atomic E-state index is 12.1. The number of fused-ring (bicyclic) bond motifs is 1. The molecule has 0 aliphatic heterocycles. The van der Waals surface area contributed by atoms with Crippen LogP contribution in [-0.2, 0) is 11.2 Å². The lowest BCUT2D eigenvalue weighted by molar-refractivity contribution is -0.121. The Morgan fingerprint density at radius 3 is 2.86 bits per heavy atom. The van der Waals surface area contributed by atoms with Crippen LogP contribution < -0.4 is 5.32 Å². The highest BCUT2D eigenvalue weighted by atomic mass is 16.1. The highest BCUT2D eigenvalue weighted by Crippen LogP contribution is 2.20. The van der Waals surface area contributed by atoms with Crippen molar-refractivity contribution in [2.75, 3.05) is 0 Å². The van der Waals surface area contributed by atoms with E-state index in [0.717, 1.165) is 35.3 Å². The molecule has 0 radical (unpaired) electrons. The van der Waals surface area contributed by atoms with Crippen LogP contribution in [0.25, 0.3) is 11.0 Å². The van der Waals surface area contributed by atoms with Gasteiger partial charge in [-0.15, -0.1) is 0 Å². The number of carbonyl (C=O) groups excluding carboxylic acids is 1. The fourth-order valence-corrected chi connectivity index (χ4v) is 2.99. The van der Waals surface area contributed by atoms with E-state index in [0.29, 0.717) is 18.4 Å². The van der Waals surface area contributed by atoms with Crippen molar-refractivity contribution in [3.63, 3.8) is 0 Å². The van der Waals surface area contributed by atoms with Crippen LogP contribution in [0.4, 0.5) is 0 Å². The number of H-pyrrole nitrogens is 1. The molecule has 2 aromatic rings. The van der Waals surface area contributed by atoms with Gasteiger partial charge in [0.15, 0.2) is 0 Å². The number of hydrogen-bond acceptors (Lipinski definition) is 2. The van der Waals surface area contributed by atoms with Crippen molar-refractivity contribution in [1.29, 1.82) is 0 Å². The zero-order chi connectivity index (χ0) is 14.8. The second-order valence-electron chi connectivity index (χ2n) is 6.35. The number of nitrogens with one attached hydrogen (secondary N) is 2. The summed E-state index contributed by atoms with van der Waals surface area (Å²) in [6.45, 7) is 4.24. The highest BCUT2D eigenvalue weighted by molar-refractivity contribution is 5.82. The van der Waals surface area contributed by atoms with E-state index in [2.05, 4.69) is 29.1 Å². The van der Waals surface area contributed by atoms with Crippen molar-refractivity contribution < 1.29 is 4.79 Å². The van der Waals surface area contributed by atoms with Gasteiger partial charge in [-0.25, -0.2) is 4.98 Å². The second kappa shape index (κ2) is 5.88. The maximum Gasteiger partial charge on any atom is 0.224 e. The molecule has 4 heteroatoms. The first-order valence-corrected chi connectivity index (χ1v) is 7.90. The Morgan fingerprint density at radius 1 is 1.38 bits per heavy atom. The van der Waals surface area contributed by atoms with E-state index in [1.165, 1.54) is 12.8 Å². The number of benzene rings is 1. The number of rotatable bonds is 4. The predicted octanol–water partition coefficient (Wildman–Crippen LogP) is 3.29. The van der Waals surface area contributed by atoms with E-state index < -0.39 is 0 Å². The van der Waals surface area contributed by atoms with E-state index in [-0.39, 0.29) is 5.91 Å². The molecule has 1 aromatic heterocycles. The molecule has 1 saturated carbocycles. The molecule has 1 aromatic carbocycles. The monoisotopic (exact) mass is 285 g/mol. The summed E-state index contributed by atoms with van der Waals surface area (Å²) in [6.07, 6.45) is 5.18. The standard InChI is InChI=1S/C17H23N3O/c1-11(2)17-19-14-8-7-12(9-15(14)20-17)10-16(21)18-13-5-3-4-6-13/h7-9,11,13H,3-6,10H2,1-2H3,(H,18,21)(H,19,20). The third-order valence-corrected chi connectivity index (χ3v) is 4.20. The topological polar surface area (TPSA) is 57.8 Å². The van der Waals surface area contributed by atoms with Crippen LogP contribution in [-0.4, -0.2) is 21.9 Å². The predicted molar refractivity (Wildman–Crippen MR) is 84.3 cm³/mol. The van der Waals surface area contributed by atoms with Gasteiger partial charge in [-0.2, -0.15) is 0 Å². The summed E-state index contributed by atoms with van der Waals surface area (Å²) >= 11 is 0. The second-order valence-corrected chi connectivity index (χ2v) is 6.35. The van der Waals surface area contributed by atoms with Gasteiger partial charge in [-0.3, -0.25) is 4.79 Å². The SMILES string of the molecule is CC(C)c1nc2ccc(CC(=O)NC3CCCC3)cc2[nH]1. The Labute approximate surface area is 125 Å². The van der Waals surface area contributed by atoms with Crippen LogP contribution in [0.5, 0.6) is 0 Å². The van der Waals surface area contributed by atoms with Gasteiger partial charge in [-0.05, 0) is 30.5 Å². The summed E-state index contributed by atoms with van der Waals surface area (Å²) < 4.78 is 0. The van der Waals surface area contributed by atoms with Gasteiger partial charge in [0.25, 0.3) is 0 Å². The molecule has 1 heterocycles. The largest absolute Gasteiger partial charge is 0.353 e. The van der Waals surface area contributed by atoms with Gasteiger partial charge in [0.05, 0.1) is 17.5 Å². The van der Waals surface area contributed by atoms with Crippen molar-refractivity contribution in [2.24, 2.45) is 0 Å². The number of nitrogens with zero attached hydrogens (tertiary/aromatic N) is 1. The van der Waals surface area contributed by atoms with Crippen LogP contribution in [0.2, 0.25) is 0 Å². The van der Waals surface area contributed by atoms with Crippen LogP contribution >= 0.6 is 0 Å². The molecule has 0 bridgehead atoms. The third kappa shape index (κ3) is 3.26. The molecule has 0 saturated heterocycles. The molecule has 0 spiro atoms. The Hall–Kier alpha value is -1.84. The Balaban J connectivity index is 1.70. The molecule has 0 atom stereocenters. The average molecular weight is 285 g/mol. The number of hydrogen-bond donors (Lipinski definition) is 2. The van der Waals surface area contributed by atoms with Crippen molar-refractivity contribution in [1.82, 2.24) is 15.3 Å². The molecule has 4 nitrogen and oxygen atoms in total. The third-order valence-electron chi connectivity index (χ3n) is 4.20. The number of aromatic nitrogens is 2. The first kappa shape index (κ1) is 14.1. The minimum atomic E-state index is 0.129.